The molecule has 4 N–H and O–H groups in total. The summed E-state index contributed by atoms with van der Waals surface area (Å²) < 4.78 is 5.52. The van der Waals surface area contributed by atoms with E-state index in [-0.39, 0.29) is 11.7 Å². The van der Waals surface area contributed by atoms with Crippen molar-refractivity contribution in [3.05, 3.63) is 0 Å². The van der Waals surface area contributed by atoms with Crippen LogP contribution in [0.4, 0.5) is 0 Å². The summed E-state index contributed by atoms with van der Waals surface area (Å²) in [6, 6.07) is 0.620. The summed E-state index contributed by atoms with van der Waals surface area (Å²) >= 11 is 0. The molecule has 21 heavy (non-hydrogen) atoms. The molecular formula is C14H27NO6. The third kappa shape index (κ3) is 12.3. The van der Waals surface area contributed by atoms with E-state index in [9.17, 15) is 5.11 Å². The average Bonchev–Trinajstić information content (AvgIpc) is 2.86. The van der Waals surface area contributed by atoms with Crippen molar-refractivity contribution in [2.45, 2.75) is 64.2 Å². The van der Waals surface area contributed by atoms with Crippen molar-refractivity contribution in [3.8, 4) is 0 Å². The van der Waals surface area contributed by atoms with Crippen LogP contribution in [0.25, 0.3) is 0 Å². The molecule has 0 spiro atoms. The first-order chi connectivity index (χ1) is 9.61. The topological polar surface area (TPSA) is 116 Å². The molecule has 0 aliphatic heterocycles. The molecule has 0 saturated heterocycles. The standard InChI is InChI=1S/C12H25NO2.C2H2O4/c1-12(2,3)15-9-11(14)8-13-10-6-4-5-7-10;3-1(4)2(5)6/h10-11,13-14H,4-9H2,1-3H3;(H,3,4)(H,5,6). The van der Waals surface area contributed by atoms with Gasteiger partial charge in [0.1, 0.15) is 0 Å². The lowest BCUT2D eigenvalue weighted by molar-refractivity contribution is -0.159. The Balaban J connectivity index is 0.000000567. The normalized spacial score (nSPS) is 17.0. The molecule has 1 fully saturated rings. The molecule has 0 radical (unpaired) electrons. The van der Waals surface area contributed by atoms with E-state index in [1.165, 1.54) is 25.7 Å². The van der Waals surface area contributed by atoms with E-state index in [2.05, 4.69) is 5.32 Å². The predicted molar refractivity (Wildman–Crippen MR) is 77.2 cm³/mol. The molecule has 7 nitrogen and oxygen atoms in total. The third-order valence-electron chi connectivity index (χ3n) is 2.89. The van der Waals surface area contributed by atoms with Crippen molar-refractivity contribution in [3.63, 3.8) is 0 Å². The van der Waals surface area contributed by atoms with Gasteiger partial charge < -0.3 is 25.4 Å². The predicted octanol–water partition coefficient (Wildman–Crippen LogP) is 0.850. The lowest BCUT2D eigenvalue weighted by Crippen LogP contribution is -2.37. The Morgan fingerprint density at radius 3 is 2.05 bits per heavy atom. The number of hydrogen-bond donors (Lipinski definition) is 4. The molecule has 0 aromatic rings. The molecule has 7 heteroatoms. The lowest BCUT2D eigenvalue weighted by Gasteiger charge is -2.23. The average molecular weight is 305 g/mol. The molecule has 1 aliphatic carbocycles. The van der Waals surface area contributed by atoms with Gasteiger partial charge in [0, 0.05) is 12.6 Å². The monoisotopic (exact) mass is 305 g/mol. The number of aliphatic hydroxyl groups excluding tert-OH is 1. The fourth-order valence-corrected chi connectivity index (χ4v) is 1.84. The number of aliphatic carboxylic acids is 2. The van der Waals surface area contributed by atoms with Gasteiger partial charge in [0.25, 0.3) is 0 Å². The van der Waals surface area contributed by atoms with Gasteiger partial charge in [0.15, 0.2) is 0 Å². The van der Waals surface area contributed by atoms with Gasteiger partial charge in [0.05, 0.1) is 18.3 Å². The molecular weight excluding hydrogens is 278 g/mol. The first-order valence-corrected chi connectivity index (χ1v) is 7.13. The van der Waals surface area contributed by atoms with Gasteiger partial charge >= 0.3 is 11.9 Å². The second-order valence-electron chi connectivity index (χ2n) is 6.08. The number of carboxylic acid groups (broad SMARTS) is 2. The highest BCUT2D eigenvalue weighted by Gasteiger charge is 2.17. The zero-order valence-electron chi connectivity index (χ0n) is 13.0. The van der Waals surface area contributed by atoms with E-state index in [1.54, 1.807) is 0 Å². The van der Waals surface area contributed by atoms with Crippen LogP contribution in [-0.4, -0.2) is 58.2 Å². The summed E-state index contributed by atoms with van der Waals surface area (Å²) in [4.78, 5) is 18.2. The molecule has 0 amide bonds. The van der Waals surface area contributed by atoms with Crippen molar-refractivity contribution in [1.29, 1.82) is 0 Å². The van der Waals surface area contributed by atoms with Crippen LogP contribution in [0.1, 0.15) is 46.5 Å². The third-order valence-corrected chi connectivity index (χ3v) is 2.89. The summed E-state index contributed by atoms with van der Waals surface area (Å²) in [5.41, 5.74) is -0.158. The van der Waals surface area contributed by atoms with Gasteiger partial charge in [-0.05, 0) is 33.6 Å². The molecule has 1 unspecified atom stereocenters. The van der Waals surface area contributed by atoms with Gasteiger partial charge in [-0.25, -0.2) is 9.59 Å². The smallest absolute Gasteiger partial charge is 0.414 e. The van der Waals surface area contributed by atoms with Gasteiger partial charge in [-0.3, -0.25) is 0 Å². The second-order valence-corrected chi connectivity index (χ2v) is 6.08. The van der Waals surface area contributed by atoms with E-state index in [0.717, 1.165) is 0 Å². The molecule has 1 rings (SSSR count). The van der Waals surface area contributed by atoms with Crippen molar-refractivity contribution in [2.24, 2.45) is 0 Å². The van der Waals surface area contributed by atoms with Crippen LogP contribution in [0, 0.1) is 0 Å². The minimum atomic E-state index is -1.82. The molecule has 0 heterocycles. The van der Waals surface area contributed by atoms with Crippen LogP contribution >= 0.6 is 0 Å². The Kier molecular flexibility index (Phi) is 9.16. The highest BCUT2D eigenvalue weighted by atomic mass is 16.5. The van der Waals surface area contributed by atoms with Crippen LogP contribution in [0.5, 0.6) is 0 Å². The summed E-state index contributed by atoms with van der Waals surface area (Å²) in [5.74, 6) is -3.65. The summed E-state index contributed by atoms with van der Waals surface area (Å²) in [6.07, 6.45) is 4.78. The van der Waals surface area contributed by atoms with Crippen LogP contribution in [0.15, 0.2) is 0 Å². The van der Waals surface area contributed by atoms with Crippen molar-refractivity contribution in [2.75, 3.05) is 13.2 Å². The number of aliphatic hydroxyl groups is 1. The van der Waals surface area contributed by atoms with Gasteiger partial charge in [-0.1, -0.05) is 12.8 Å². The minimum absolute atomic E-state index is 0.158. The van der Waals surface area contributed by atoms with Crippen LogP contribution in [-0.2, 0) is 14.3 Å². The maximum absolute atomic E-state index is 9.69. The Morgan fingerprint density at radius 2 is 1.67 bits per heavy atom. The Morgan fingerprint density at radius 1 is 1.19 bits per heavy atom. The number of carbonyl (C=O) groups is 2. The summed E-state index contributed by atoms with van der Waals surface area (Å²) in [6.45, 7) is 7.09. The van der Waals surface area contributed by atoms with Crippen molar-refractivity contribution in [1.82, 2.24) is 5.32 Å². The zero-order chi connectivity index (χ0) is 16.5. The van der Waals surface area contributed by atoms with Gasteiger partial charge in [-0.15, -0.1) is 0 Å². The Bertz CT molecular complexity index is 308. The maximum atomic E-state index is 9.69. The zero-order valence-corrected chi connectivity index (χ0v) is 13.0. The van der Waals surface area contributed by atoms with E-state index >= 15 is 0 Å². The largest absolute Gasteiger partial charge is 0.473 e. The van der Waals surface area contributed by atoms with Crippen LogP contribution in [0.3, 0.4) is 0 Å². The van der Waals surface area contributed by atoms with Crippen molar-refractivity contribution >= 4 is 11.9 Å². The second kappa shape index (κ2) is 9.70. The first-order valence-electron chi connectivity index (χ1n) is 7.13. The van der Waals surface area contributed by atoms with E-state index in [1.807, 2.05) is 20.8 Å². The fraction of sp³-hybridized carbons (Fsp3) is 0.857. The molecule has 1 atom stereocenters. The summed E-state index contributed by atoms with van der Waals surface area (Å²) in [5, 5.41) is 27.9. The molecule has 0 aromatic carbocycles. The lowest BCUT2D eigenvalue weighted by atomic mass is 10.2. The van der Waals surface area contributed by atoms with Gasteiger partial charge in [0.2, 0.25) is 0 Å². The number of nitrogens with one attached hydrogen (secondary N) is 1. The fourth-order valence-electron chi connectivity index (χ4n) is 1.84. The first kappa shape index (κ1) is 19.8. The van der Waals surface area contributed by atoms with Crippen LogP contribution in [0.2, 0.25) is 0 Å². The molecule has 0 bridgehead atoms. The van der Waals surface area contributed by atoms with Crippen LogP contribution < -0.4 is 5.32 Å². The van der Waals surface area contributed by atoms with E-state index in [4.69, 9.17) is 24.5 Å². The molecule has 124 valence electrons. The maximum Gasteiger partial charge on any atom is 0.414 e. The molecule has 1 aliphatic rings. The number of carboxylic acids is 2. The Labute approximate surface area is 125 Å². The number of hydrogen-bond acceptors (Lipinski definition) is 5. The summed E-state index contributed by atoms with van der Waals surface area (Å²) in [7, 11) is 0. The Hall–Kier alpha value is -1.18. The minimum Gasteiger partial charge on any atom is -0.473 e. The quantitative estimate of drug-likeness (QED) is 0.556. The van der Waals surface area contributed by atoms with E-state index < -0.39 is 11.9 Å². The van der Waals surface area contributed by atoms with E-state index in [0.29, 0.717) is 19.2 Å². The SMILES string of the molecule is CC(C)(C)OCC(O)CNC1CCCC1.O=C(O)C(=O)O. The highest BCUT2D eigenvalue weighted by molar-refractivity contribution is 6.27. The number of ether oxygens (including phenoxy) is 1. The van der Waals surface area contributed by atoms with Gasteiger partial charge in [-0.2, -0.15) is 0 Å². The molecule has 1 saturated carbocycles. The highest BCUT2D eigenvalue weighted by Crippen LogP contribution is 2.17. The number of rotatable bonds is 5. The molecule has 0 aromatic heterocycles. The van der Waals surface area contributed by atoms with Crippen molar-refractivity contribution < 1.29 is 29.6 Å².